The van der Waals surface area contributed by atoms with Crippen molar-refractivity contribution in [3.8, 4) is 29.1 Å². The monoisotopic (exact) mass is 498 g/mol. The second-order valence-corrected chi connectivity index (χ2v) is 9.05. The number of nitrogens with two attached hydrogens (primary N) is 1. The lowest BCUT2D eigenvalue weighted by Gasteiger charge is -2.27. The van der Waals surface area contributed by atoms with E-state index in [-0.39, 0.29) is 11.6 Å². The number of allylic oxidation sites excluding steroid dienone is 1. The molecule has 4 rings (SSSR count). The molecule has 2 N–H and O–H groups in total. The van der Waals surface area contributed by atoms with Gasteiger partial charge in [0, 0.05) is 11.6 Å². The van der Waals surface area contributed by atoms with Crippen LogP contribution in [-0.2, 0) is 0 Å². The molecular weight excluding hydrogens is 468 g/mol. The largest absolute Gasteiger partial charge is 0.494 e. The number of fused-ring (bicyclic) bond motifs is 1. The van der Waals surface area contributed by atoms with Crippen LogP contribution >= 0.6 is 0 Å². The van der Waals surface area contributed by atoms with E-state index in [1.54, 1.807) is 42.5 Å². The van der Waals surface area contributed by atoms with Gasteiger partial charge in [-0.2, -0.15) is 5.26 Å². The molecule has 0 aliphatic carbocycles. The number of nitriles is 1. The van der Waals surface area contributed by atoms with Crippen LogP contribution in [0.4, 0.5) is 0 Å². The molecule has 0 radical (unpaired) electrons. The van der Waals surface area contributed by atoms with Gasteiger partial charge in [-0.15, -0.1) is 0 Å². The van der Waals surface area contributed by atoms with Gasteiger partial charge >= 0.3 is 5.97 Å². The molecule has 0 saturated carbocycles. The molecule has 0 aromatic heterocycles. The highest BCUT2D eigenvalue weighted by atomic mass is 16.5. The first kappa shape index (κ1) is 25.6. The van der Waals surface area contributed by atoms with Crippen molar-refractivity contribution in [2.24, 2.45) is 11.7 Å². The Balaban J connectivity index is 1.63. The minimum Gasteiger partial charge on any atom is -0.494 e. The molecule has 190 valence electrons. The second-order valence-electron chi connectivity index (χ2n) is 9.05. The average Bonchev–Trinajstić information content (AvgIpc) is 2.88. The fraction of sp³-hybridized carbons (Fsp3) is 0.267. The number of carbonyl (C=O) groups excluding carboxylic acids is 1. The summed E-state index contributed by atoms with van der Waals surface area (Å²) in [4.78, 5) is 12.9. The first-order valence-corrected chi connectivity index (χ1v) is 12.3. The van der Waals surface area contributed by atoms with Crippen molar-refractivity contribution in [1.82, 2.24) is 0 Å². The highest BCUT2D eigenvalue weighted by Crippen LogP contribution is 2.44. The lowest BCUT2D eigenvalue weighted by molar-refractivity contribution is 0.0730. The third-order valence-electron chi connectivity index (χ3n) is 5.96. The maximum absolute atomic E-state index is 12.9. The first-order valence-electron chi connectivity index (χ1n) is 12.3. The fourth-order valence-corrected chi connectivity index (χ4v) is 4.12. The zero-order chi connectivity index (χ0) is 26.4. The van der Waals surface area contributed by atoms with Gasteiger partial charge in [-0.3, -0.25) is 0 Å². The van der Waals surface area contributed by atoms with Crippen molar-refractivity contribution in [3.63, 3.8) is 0 Å². The van der Waals surface area contributed by atoms with Crippen LogP contribution in [0.5, 0.6) is 23.0 Å². The van der Waals surface area contributed by atoms with E-state index in [4.69, 9.17) is 24.7 Å². The standard InChI is InChI=1S/C30H30N2O5/c1-4-34-26-11-6-5-10-24(26)30(33)36-22-12-13-23-27(17-22)37-29(32)25(18-31)28(23)20-8-7-9-21(16-20)35-15-14-19(2)3/h5-13,16-17,19,28H,4,14-15,32H2,1-3H3. The zero-order valence-corrected chi connectivity index (χ0v) is 21.2. The maximum Gasteiger partial charge on any atom is 0.347 e. The highest BCUT2D eigenvalue weighted by molar-refractivity contribution is 5.94. The lowest BCUT2D eigenvalue weighted by Crippen LogP contribution is -2.21. The van der Waals surface area contributed by atoms with Crippen LogP contribution in [0, 0.1) is 17.2 Å². The molecule has 0 saturated heterocycles. The van der Waals surface area contributed by atoms with Crippen LogP contribution < -0.4 is 24.7 Å². The Morgan fingerprint density at radius 1 is 1.05 bits per heavy atom. The summed E-state index contributed by atoms with van der Waals surface area (Å²) in [7, 11) is 0. The molecule has 0 spiro atoms. The van der Waals surface area contributed by atoms with Gasteiger partial charge in [0.05, 0.1) is 19.1 Å². The predicted octanol–water partition coefficient (Wildman–Crippen LogP) is 5.95. The third-order valence-corrected chi connectivity index (χ3v) is 5.96. The first-order chi connectivity index (χ1) is 17.9. The molecule has 1 heterocycles. The number of esters is 1. The van der Waals surface area contributed by atoms with Crippen molar-refractivity contribution in [1.29, 1.82) is 5.26 Å². The van der Waals surface area contributed by atoms with Gasteiger partial charge in [0.25, 0.3) is 0 Å². The van der Waals surface area contributed by atoms with E-state index < -0.39 is 11.9 Å². The Labute approximate surface area is 217 Å². The van der Waals surface area contributed by atoms with Crippen LogP contribution in [-0.4, -0.2) is 19.2 Å². The van der Waals surface area contributed by atoms with E-state index in [0.29, 0.717) is 41.8 Å². The van der Waals surface area contributed by atoms with E-state index in [2.05, 4.69) is 19.9 Å². The number of para-hydroxylation sites is 1. The molecule has 0 bridgehead atoms. The van der Waals surface area contributed by atoms with E-state index in [1.165, 1.54) is 0 Å². The average molecular weight is 499 g/mol. The molecule has 0 amide bonds. The van der Waals surface area contributed by atoms with Crippen LogP contribution in [0.25, 0.3) is 0 Å². The van der Waals surface area contributed by atoms with Gasteiger partial charge in [-0.25, -0.2) is 4.79 Å². The van der Waals surface area contributed by atoms with Gasteiger partial charge in [-0.1, -0.05) is 44.2 Å². The van der Waals surface area contributed by atoms with Crippen molar-refractivity contribution in [3.05, 3.63) is 94.9 Å². The normalized spacial score (nSPS) is 14.4. The Kier molecular flexibility index (Phi) is 7.99. The molecule has 7 heteroatoms. The molecule has 3 aromatic carbocycles. The summed E-state index contributed by atoms with van der Waals surface area (Å²) in [6.45, 7) is 7.18. The van der Waals surface area contributed by atoms with Crippen LogP contribution in [0.2, 0.25) is 0 Å². The van der Waals surface area contributed by atoms with Crippen molar-refractivity contribution in [2.45, 2.75) is 33.1 Å². The van der Waals surface area contributed by atoms with Crippen LogP contribution in [0.3, 0.4) is 0 Å². The summed E-state index contributed by atoms with van der Waals surface area (Å²) in [5.74, 6) is 1.41. The molecular formula is C30H30N2O5. The molecule has 7 nitrogen and oxygen atoms in total. The van der Waals surface area contributed by atoms with E-state index in [0.717, 1.165) is 23.3 Å². The molecule has 1 atom stereocenters. The zero-order valence-electron chi connectivity index (χ0n) is 21.2. The van der Waals surface area contributed by atoms with Gasteiger partial charge in [0.2, 0.25) is 5.88 Å². The summed E-state index contributed by atoms with van der Waals surface area (Å²) in [5.41, 5.74) is 8.37. The van der Waals surface area contributed by atoms with Crippen molar-refractivity contribution in [2.75, 3.05) is 13.2 Å². The number of hydrogen-bond donors (Lipinski definition) is 1. The van der Waals surface area contributed by atoms with Crippen molar-refractivity contribution < 1.29 is 23.7 Å². The molecule has 1 aliphatic rings. The number of rotatable bonds is 9. The minimum atomic E-state index is -0.552. The van der Waals surface area contributed by atoms with E-state index >= 15 is 0 Å². The summed E-state index contributed by atoms with van der Waals surface area (Å²) in [6, 6.07) is 21.8. The molecule has 1 unspecified atom stereocenters. The minimum absolute atomic E-state index is 0.0105. The fourth-order valence-electron chi connectivity index (χ4n) is 4.12. The number of hydrogen-bond acceptors (Lipinski definition) is 7. The number of carbonyl (C=O) groups is 1. The molecule has 37 heavy (non-hydrogen) atoms. The summed E-state index contributed by atoms with van der Waals surface area (Å²) in [5, 5.41) is 9.88. The topological polar surface area (TPSA) is 104 Å². The van der Waals surface area contributed by atoms with E-state index in [1.807, 2.05) is 31.2 Å². The Bertz CT molecular complexity index is 1360. The third kappa shape index (κ3) is 5.87. The molecule has 3 aromatic rings. The smallest absolute Gasteiger partial charge is 0.347 e. The number of benzene rings is 3. The molecule has 1 aliphatic heterocycles. The lowest BCUT2D eigenvalue weighted by atomic mass is 9.83. The van der Waals surface area contributed by atoms with Crippen LogP contribution in [0.15, 0.2) is 78.2 Å². The Hall–Kier alpha value is -4.44. The maximum atomic E-state index is 12.9. The summed E-state index contributed by atoms with van der Waals surface area (Å²) >= 11 is 0. The van der Waals surface area contributed by atoms with Crippen LogP contribution in [0.1, 0.15) is 54.6 Å². The van der Waals surface area contributed by atoms with E-state index in [9.17, 15) is 10.1 Å². The predicted molar refractivity (Wildman–Crippen MR) is 140 cm³/mol. The SMILES string of the molecule is CCOc1ccccc1C(=O)Oc1ccc2c(c1)OC(N)=C(C#N)C2c1cccc(OCCC(C)C)c1. The van der Waals surface area contributed by atoms with Gasteiger partial charge in [-0.05, 0) is 55.2 Å². The summed E-state index contributed by atoms with van der Waals surface area (Å²) in [6.07, 6.45) is 0.942. The van der Waals surface area contributed by atoms with Gasteiger partial charge in [0.15, 0.2) is 0 Å². The van der Waals surface area contributed by atoms with Crippen molar-refractivity contribution >= 4 is 5.97 Å². The Morgan fingerprint density at radius 2 is 1.86 bits per heavy atom. The molecule has 0 fully saturated rings. The van der Waals surface area contributed by atoms with Gasteiger partial charge in [0.1, 0.15) is 40.2 Å². The summed E-state index contributed by atoms with van der Waals surface area (Å²) < 4.78 is 22.9. The quantitative estimate of drug-likeness (QED) is 0.287. The second kappa shape index (κ2) is 11.5. The number of nitrogens with zero attached hydrogens (tertiary/aromatic N) is 1. The van der Waals surface area contributed by atoms with Gasteiger partial charge < -0.3 is 24.7 Å². The Morgan fingerprint density at radius 3 is 2.62 bits per heavy atom. The highest BCUT2D eigenvalue weighted by Gasteiger charge is 2.31. The number of ether oxygens (including phenoxy) is 4.